The van der Waals surface area contributed by atoms with Crippen LogP contribution in [-0.2, 0) is 0 Å². The number of rotatable bonds is 0. The molecule has 0 radical (unpaired) electrons. The molecule has 2 aliphatic rings. The molecule has 1 aliphatic carbocycles. The van der Waals surface area contributed by atoms with Gasteiger partial charge in [-0.1, -0.05) is 37.1 Å². The number of allylic oxidation sites excluding steroid dienone is 1. The average Bonchev–Trinajstić information content (AvgIpc) is 2.36. The summed E-state index contributed by atoms with van der Waals surface area (Å²) in [6.45, 7) is 0. The standard InChI is InChI=1S/C6H7Br2N3/c7-3-1-5-6(2-4(3)8)10-11-9-5/h1,3-4,6H,2H2,(H,9,10). The SMILES string of the molecule is BrC1C=C2NN=NC2CC1Br. The highest BCUT2D eigenvalue weighted by molar-refractivity contribution is 9.12. The average molecular weight is 281 g/mol. The van der Waals surface area contributed by atoms with E-state index < -0.39 is 0 Å². The van der Waals surface area contributed by atoms with Gasteiger partial charge in [-0.15, -0.1) is 0 Å². The second kappa shape index (κ2) is 2.86. The molecule has 11 heavy (non-hydrogen) atoms. The van der Waals surface area contributed by atoms with Crippen molar-refractivity contribution in [2.75, 3.05) is 0 Å². The Kier molecular flexibility index (Phi) is 2.01. The maximum Gasteiger partial charge on any atom is 0.115 e. The van der Waals surface area contributed by atoms with Crippen LogP contribution in [0.1, 0.15) is 6.42 Å². The summed E-state index contributed by atoms with van der Waals surface area (Å²) in [4.78, 5) is 0.861. The molecular formula is C6H7Br2N3. The topological polar surface area (TPSA) is 36.8 Å². The van der Waals surface area contributed by atoms with Gasteiger partial charge in [-0.25, -0.2) is 0 Å². The number of hydrogen-bond donors (Lipinski definition) is 1. The van der Waals surface area contributed by atoms with Gasteiger partial charge >= 0.3 is 0 Å². The van der Waals surface area contributed by atoms with Crippen molar-refractivity contribution in [3.63, 3.8) is 0 Å². The summed E-state index contributed by atoms with van der Waals surface area (Å²) < 4.78 is 0. The van der Waals surface area contributed by atoms with Gasteiger partial charge in [0.05, 0.1) is 5.70 Å². The number of nitrogens with one attached hydrogen (secondary N) is 1. The third-order valence-corrected chi connectivity index (χ3v) is 4.42. The van der Waals surface area contributed by atoms with Crippen molar-refractivity contribution in [2.45, 2.75) is 22.1 Å². The van der Waals surface area contributed by atoms with Crippen LogP contribution in [0.4, 0.5) is 0 Å². The molecule has 1 heterocycles. The normalized spacial score (nSPS) is 41.3. The maximum atomic E-state index is 4.04. The molecule has 0 aromatic heterocycles. The van der Waals surface area contributed by atoms with Crippen LogP contribution in [0.5, 0.6) is 0 Å². The van der Waals surface area contributed by atoms with E-state index in [1.54, 1.807) is 0 Å². The first-order valence-corrected chi connectivity index (χ1v) is 5.26. The lowest BCUT2D eigenvalue weighted by Crippen LogP contribution is -2.27. The van der Waals surface area contributed by atoms with Crippen molar-refractivity contribution in [1.29, 1.82) is 0 Å². The summed E-state index contributed by atoms with van der Waals surface area (Å²) in [5, 5.41) is 7.80. The minimum Gasteiger partial charge on any atom is -0.262 e. The fourth-order valence-corrected chi connectivity index (χ4v) is 2.24. The lowest BCUT2D eigenvalue weighted by molar-refractivity contribution is 0.649. The molecule has 0 aromatic rings. The number of hydrogen-bond acceptors (Lipinski definition) is 3. The van der Waals surface area contributed by atoms with Gasteiger partial charge in [0.2, 0.25) is 0 Å². The molecule has 5 heteroatoms. The second-order valence-electron chi connectivity index (χ2n) is 2.66. The zero-order valence-electron chi connectivity index (χ0n) is 5.67. The van der Waals surface area contributed by atoms with Gasteiger partial charge < -0.3 is 0 Å². The predicted octanol–water partition coefficient (Wildman–Crippen LogP) is 2.14. The van der Waals surface area contributed by atoms with Gasteiger partial charge in [0.15, 0.2) is 0 Å². The van der Waals surface area contributed by atoms with Crippen LogP contribution in [0.3, 0.4) is 0 Å². The fraction of sp³-hybridized carbons (Fsp3) is 0.667. The Labute approximate surface area is 81.6 Å². The van der Waals surface area contributed by atoms with Gasteiger partial charge in [-0.05, 0) is 12.5 Å². The van der Waals surface area contributed by atoms with E-state index in [4.69, 9.17) is 0 Å². The van der Waals surface area contributed by atoms with Gasteiger partial charge in [-0.3, -0.25) is 5.43 Å². The summed E-state index contributed by atoms with van der Waals surface area (Å²) in [7, 11) is 0. The molecule has 0 saturated heterocycles. The number of nitrogens with zero attached hydrogens (tertiary/aromatic N) is 2. The van der Waals surface area contributed by atoms with E-state index in [-0.39, 0.29) is 6.04 Å². The Morgan fingerprint density at radius 3 is 3.18 bits per heavy atom. The van der Waals surface area contributed by atoms with Crippen molar-refractivity contribution in [1.82, 2.24) is 5.43 Å². The first kappa shape index (κ1) is 7.73. The molecule has 0 saturated carbocycles. The van der Waals surface area contributed by atoms with Crippen LogP contribution >= 0.6 is 31.9 Å². The Morgan fingerprint density at radius 2 is 2.36 bits per heavy atom. The van der Waals surface area contributed by atoms with Gasteiger partial charge in [0, 0.05) is 9.65 Å². The highest BCUT2D eigenvalue weighted by atomic mass is 79.9. The molecule has 3 nitrogen and oxygen atoms in total. The minimum atomic E-state index is 0.258. The van der Waals surface area contributed by atoms with E-state index in [0.717, 1.165) is 12.1 Å². The Balaban J connectivity index is 2.22. The molecule has 0 aromatic carbocycles. The molecule has 0 spiro atoms. The van der Waals surface area contributed by atoms with E-state index in [9.17, 15) is 0 Å². The smallest absolute Gasteiger partial charge is 0.115 e. The summed E-state index contributed by atoms with van der Waals surface area (Å²) in [6, 6.07) is 0.258. The molecule has 3 unspecified atom stereocenters. The van der Waals surface area contributed by atoms with E-state index in [0.29, 0.717) is 9.65 Å². The quantitative estimate of drug-likeness (QED) is 0.678. The molecule has 1 aliphatic heterocycles. The third kappa shape index (κ3) is 1.36. The molecule has 0 bridgehead atoms. The molecule has 2 rings (SSSR count). The van der Waals surface area contributed by atoms with Gasteiger partial charge in [0.25, 0.3) is 0 Å². The zero-order chi connectivity index (χ0) is 7.84. The molecule has 60 valence electrons. The predicted molar refractivity (Wildman–Crippen MR) is 49.9 cm³/mol. The van der Waals surface area contributed by atoms with Crippen molar-refractivity contribution in [2.24, 2.45) is 10.3 Å². The van der Waals surface area contributed by atoms with Crippen LogP contribution in [-0.4, -0.2) is 15.7 Å². The van der Waals surface area contributed by atoms with Crippen molar-refractivity contribution < 1.29 is 0 Å². The lowest BCUT2D eigenvalue weighted by atomic mass is 10.0. The zero-order valence-corrected chi connectivity index (χ0v) is 8.84. The van der Waals surface area contributed by atoms with E-state index in [1.165, 1.54) is 0 Å². The van der Waals surface area contributed by atoms with Crippen LogP contribution in [0.2, 0.25) is 0 Å². The van der Waals surface area contributed by atoms with Crippen LogP contribution in [0, 0.1) is 0 Å². The molecular weight excluding hydrogens is 274 g/mol. The fourth-order valence-electron chi connectivity index (χ4n) is 1.23. The first-order valence-electron chi connectivity index (χ1n) is 3.43. The number of halogens is 2. The van der Waals surface area contributed by atoms with Crippen LogP contribution < -0.4 is 5.43 Å². The highest BCUT2D eigenvalue weighted by Crippen LogP contribution is 2.31. The summed E-state index contributed by atoms with van der Waals surface area (Å²) in [5.74, 6) is 0. The molecule has 1 N–H and O–H groups in total. The third-order valence-electron chi connectivity index (χ3n) is 1.87. The summed E-state index contributed by atoms with van der Waals surface area (Å²) >= 11 is 7.11. The minimum absolute atomic E-state index is 0.258. The number of alkyl halides is 2. The molecule has 0 fully saturated rings. The second-order valence-corrected chi connectivity index (χ2v) is 4.89. The molecule has 0 amide bonds. The monoisotopic (exact) mass is 279 g/mol. The van der Waals surface area contributed by atoms with E-state index >= 15 is 0 Å². The highest BCUT2D eigenvalue weighted by Gasteiger charge is 2.30. The Morgan fingerprint density at radius 1 is 1.55 bits per heavy atom. The van der Waals surface area contributed by atoms with Crippen LogP contribution in [0.25, 0.3) is 0 Å². The summed E-state index contributed by atoms with van der Waals surface area (Å²) in [6.07, 6.45) is 3.13. The summed E-state index contributed by atoms with van der Waals surface area (Å²) in [5.41, 5.74) is 4.01. The van der Waals surface area contributed by atoms with Crippen molar-refractivity contribution in [3.05, 3.63) is 11.8 Å². The first-order chi connectivity index (χ1) is 5.27. The van der Waals surface area contributed by atoms with Crippen molar-refractivity contribution >= 4 is 31.9 Å². The Hall–Kier alpha value is 0.1000. The molecule has 3 atom stereocenters. The lowest BCUT2D eigenvalue weighted by Gasteiger charge is -2.22. The maximum absolute atomic E-state index is 4.04. The van der Waals surface area contributed by atoms with Gasteiger partial charge in [-0.2, -0.15) is 5.11 Å². The van der Waals surface area contributed by atoms with Crippen molar-refractivity contribution in [3.8, 4) is 0 Å². The van der Waals surface area contributed by atoms with Gasteiger partial charge in [0.1, 0.15) is 6.04 Å². The van der Waals surface area contributed by atoms with E-state index in [1.807, 2.05) is 0 Å². The van der Waals surface area contributed by atoms with Crippen LogP contribution in [0.15, 0.2) is 22.1 Å². The van der Waals surface area contributed by atoms with E-state index in [2.05, 4.69) is 53.7 Å². The largest absolute Gasteiger partial charge is 0.262 e. The Bertz CT molecular complexity index is 226. The number of fused-ring (bicyclic) bond motifs is 1.